The van der Waals surface area contributed by atoms with Gasteiger partial charge in [-0.1, -0.05) is 97.3 Å². The monoisotopic (exact) mass is 378 g/mol. The Hall–Kier alpha value is -0.130. The molecule has 0 aromatic rings. The number of aliphatic hydroxyl groups excluding tert-OH is 1. The Balaban J connectivity index is 3.93. The van der Waals surface area contributed by atoms with Crippen molar-refractivity contribution in [1.29, 1.82) is 0 Å². The average Bonchev–Trinajstić information content (AvgIpc) is 2.55. The number of unbranched alkanes of at least 4 members (excludes halogenated alkanes) is 11. The molecule has 0 aliphatic heterocycles. The summed E-state index contributed by atoms with van der Waals surface area (Å²) in [6.45, 7) is 4.37. The minimum atomic E-state index is -4.06. The quantitative estimate of drug-likeness (QED) is 0.230. The minimum Gasteiger partial charge on any atom is -0.393 e. The fraction of sp³-hybridized carbons (Fsp3) is 1.00. The molecule has 25 heavy (non-hydrogen) atoms. The van der Waals surface area contributed by atoms with Gasteiger partial charge in [-0.15, -0.1) is 0 Å². The van der Waals surface area contributed by atoms with Gasteiger partial charge in [-0.2, -0.15) is 8.42 Å². The first-order valence-corrected chi connectivity index (χ1v) is 12.1. The van der Waals surface area contributed by atoms with Gasteiger partial charge >= 0.3 is 0 Å². The number of aliphatic hydroxyl groups is 1. The highest BCUT2D eigenvalue weighted by Gasteiger charge is 2.25. The first-order chi connectivity index (χ1) is 11.9. The predicted octanol–water partition coefficient (Wildman–Crippen LogP) is 5.89. The molecule has 2 N–H and O–H groups in total. The summed E-state index contributed by atoms with van der Waals surface area (Å²) in [5.41, 5.74) is 0. The summed E-state index contributed by atoms with van der Waals surface area (Å²) in [6, 6.07) is 0. The van der Waals surface area contributed by atoms with Crippen molar-refractivity contribution in [3.05, 3.63) is 0 Å². The zero-order valence-corrected chi connectivity index (χ0v) is 17.4. The van der Waals surface area contributed by atoms with Crippen LogP contribution in [0.15, 0.2) is 0 Å². The molecule has 0 saturated heterocycles. The lowest BCUT2D eigenvalue weighted by Gasteiger charge is -2.18. The molecule has 2 atom stereocenters. The third kappa shape index (κ3) is 15.8. The van der Waals surface area contributed by atoms with Crippen LogP contribution >= 0.6 is 0 Å². The van der Waals surface area contributed by atoms with Crippen LogP contribution in [0.4, 0.5) is 0 Å². The third-order valence-corrected chi connectivity index (χ3v) is 6.25. The van der Waals surface area contributed by atoms with Gasteiger partial charge in [-0.05, 0) is 19.3 Å². The van der Waals surface area contributed by atoms with E-state index in [1.807, 2.05) is 0 Å². The SMILES string of the molecule is CCCCCCCCCC(O)CC(CCCCCCCC)S(=O)(=O)O. The fourth-order valence-electron chi connectivity index (χ4n) is 3.30. The van der Waals surface area contributed by atoms with Crippen molar-refractivity contribution in [3.8, 4) is 0 Å². The highest BCUT2D eigenvalue weighted by molar-refractivity contribution is 7.86. The van der Waals surface area contributed by atoms with Gasteiger partial charge in [0, 0.05) is 0 Å². The Bertz CT molecular complexity index is 381. The highest BCUT2D eigenvalue weighted by atomic mass is 32.2. The molecule has 0 bridgehead atoms. The molecule has 0 spiro atoms. The molecule has 2 unspecified atom stereocenters. The van der Waals surface area contributed by atoms with Crippen molar-refractivity contribution in [2.75, 3.05) is 0 Å². The van der Waals surface area contributed by atoms with Crippen LogP contribution < -0.4 is 0 Å². The van der Waals surface area contributed by atoms with E-state index in [0.717, 1.165) is 32.1 Å². The molecule has 0 saturated carbocycles. The Labute approximate surface area is 156 Å². The Morgan fingerprint density at radius 1 is 0.680 bits per heavy atom. The first kappa shape index (κ1) is 24.9. The van der Waals surface area contributed by atoms with Crippen molar-refractivity contribution in [2.45, 2.75) is 128 Å². The summed E-state index contributed by atoms with van der Waals surface area (Å²) < 4.78 is 32.5. The molecule has 0 rings (SSSR count). The molecule has 0 aliphatic rings. The van der Waals surface area contributed by atoms with E-state index in [-0.39, 0.29) is 6.42 Å². The lowest BCUT2D eigenvalue weighted by molar-refractivity contribution is 0.146. The molecule has 5 heteroatoms. The normalized spacial score (nSPS) is 14.6. The van der Waals surface area contributed by atoms with Crippen LogP contribution in [0, 0.1) is 0 Å². The first-order valence-electron chi connectivity index (χ1n) is 10.6. The lowest BCUT2D eigenvalue weighted by atomic mass is 10.0. The van der Waals surface area contributed by atoms with Gasteiger partial charge < -0.3 is 5.11 Å². The summed E-state index contributed by atoms with van der Waals surface area (Å²) in [6.07, 6.45) is 15.4. The Morgan fingerprint density at radius 3 is 1.52 bits per heavy atom. The van der Waals surface area contributed by atoms with Crippen molar-refractivity contribution < 1.29 is 18.1 Å². The van der Waals surface area contributed by atoms with Gasteiger partial charge in [0.05, 0.1) is 11.4 Å². The second kappa shape index (κ2) is 16.1. The van der Waals surface area contributed by atoms with Gasteiger partial charge in [0.15, 0.2) is 0 Å². The van der Waals surface area contributed by atoms with Gasteiger partial charge in [0.2, 0.25) is 0 Å². The Kier molecular flexibility index (Phi) is 16.0. The molecular weight excluding hydrogens is 336 g/mol. The zero-order valence-electron chi connectivity index (χ0n) is 16.6. The van der Waals surface area contributed by atoms with Crippen molar-refractivity contribution in [1.82, 2.24) is 0 Å². The molecule has 0 aromatic heterocycles. The maximum Gasteiger partial charge on any atom is 0.267 e. The van der Waals surface area contributed by atoms with Crippen LogP contribution in [0.2, 0.25) is 0 Å². The largest absolute Gasteiger partial charge is 0.393 e. The van der Waals surface area contributed by atoms with Crippen LogP contribution in [0.1, 0.15) is 117 Å². The Morgan fingerprint density at radius 2 is 1.08 bits per heavy atom. The second-order valence-electron chi connectivity index (χ2n) is 7.49. The minimum absolute atomic E-state index is 0.170. The van der Waals surface area contributed by atoms with Crippen LogP contribution in [0.25, 0.3) is 0 Å². The molecule has 0 aliphatic carbocycles. The molecule has 0 heterocycles. The molecule has 0 aromatic carbocycles. The standard InChI is InChI=1S/C20H42O4S/c1-3-5-7-9-11-12-14-16-19(21)18-20(25(22,23)24)17-15-13-10-8-6-4-2/h19-21H,3-18H2,1-2H3,(H,22,23,24). The molecule has 0 fully saturated rings. The topological polar surface area (TPSA) is 74.6 Å². The van der Waals surface area contributed by atoms with E-state index >= 15 is 0 Å². The summed E-state index contributed by atoms with van der Waals surface area (Å²) in [7, 11) is -4.06. The van der Waals surface area contributed by atoms with Gasteiger partial charge in [-0.25, -0.2) is 0 Å². The van der Waals surface area contributed by atoms with E-state index in [0.29, 0.717) is 12.8 Å². The van der Waals surface area contributed by atoms with E-state index in [2.05, 4.69) is 13.8 Å². The van der Waals surface area contributed by atoms with Crippen LogP contribution in [-0.4, -0.2) is 29.4 Å². The van der Waals surface area contributed by atoms with Crippen LogP contribution in [0.3, 0.4) is 0 Å². The van der Waals surface area contributed by atoms with Crippen molar-refractivity contribution in [2.24, 2.45) is 0 Å². The number of hydrogen-bond acceptors (Lipinski definition) is 3. The summed E-state index contributed by atoms with van der Waals surface area (Å²) in [5, 5.41) is 9.31. The van der Waals surface area contributed by atoms with E-state index in [9.17, 15) is 18.1 Å². The molecule has 4 nitrogen and oxygen atoms in total. The summed E-state index contributed by atoms with van der Waals surface area (Å²) >= 11 is 0. The second-order valence-corrected chi connectivity index (χ2v) is 9.19. The molecule has 0 amide bonds. The smallest absolute Gasteiger partial charge is 0.267 e. The van der Waals surface area contributed by atoms with Gasteiger partial charge in [0.25, 0.3) is 10.1 Å². The number of hydrogen-bond donors (Lipinski definition) is 2. The van der Waals surface area contributed by atoms with Crippen molar-refractivity contribution >= 4 is 10.1 Å². The average molecular weight is 379 g/mol. The molecule has 0 radical (unpaired) electrons. The maximum atomic E-state index is 11.6. The van der Waals surface area contributed by atoms with E-state index in [1.165, 1.54) is 51.4 Å². The van der Waals surface area contributed by atoms with Gasteiger partial charge in [-0.3, -0.25) is 4.55 Å². The van der Waals surface area contributed by atoms with Crippen LogP contribution in [0.5, 0.6) is 0 Å². The zero-order chi connectivity index (χ0) is 19.0. The van der Waals surface area contributed by atoms with E-state index < -0.39 is 21.5 Å². The van der Waals surface area contributed by atoms with Gasteiger partial charge in [0.1, 0.15) is 0 Å². The summed E-state index contributed by atoms with van der Waals surface area (Å²) in [5.74, 6) is 0. The van der Waals surface area contributed by atoms with E-state index in [4.69, 9.17) is 0 Å². The molecular formula is C20H42O4S. The molecule has 152 valence electrons. The van der Waals surface area contributed by atoms with E-state index in [1.54, 1.807) is 0 Å². The van der Waals surface area contributed by atoms with Crippen molar-refractivity contribution in [3.63, 3.8) is 0 Å². The predicted molar refractivity (Wildman–Crippen MR) is 107 cm³/mol. The van der Waals surface area contributed by atoms with Crippen LogP contribution in [-0.2, 0) is 10.1 Å². The third-order valence-electron chi connectivity index (χ3n) is 4.98. The maximum absolute atomic E-state index is 11.6. The fourth-order valence-corrected chi connectivity index (χ4v) is 4.23. The highest BCUT2D eigenvalue weighted by Crippen LogP contribution is 2.20. The summed E-state index contributed by atoms with van der Waals surface area (Å²) in [4.78, 5) is 0. The lowest BCUT2D eigenvalue weighted by Crippen LogP contribution is -2.26. The number of rotatable bonds is 18.